The summed E-state index contributed by atoms with van der Waals surface area (Å²) in [5.74, 6) is 0.583. The molecule has 2 rings (SSSR count). The first-order valence-electron chi connectivity index (χ1n) is 3.95. The van der Waals surface area contributed by atoms with Crippen LogP contribution in [0.25, 0.3) is 11.5 Å². The molecular weight excluding hydrogens is 248 g/mol. The van der Waals surface area contributed by atoms with E-state index in [-0.39, 0.29) is 0 Å². The van der Waals surface area contributed by atoms with E-state index in [1.165, 1.54) is 0 Å². The van der Waals surface area contributed by atoms with Crippen molar-refractivity contribution in [2.45, 2.75) is 0 Å². The molecule has 5 heteroatoms. The van der Waals surface area contributed by atoms with Crippen LogP contribution in [0.3, 0.4) is 0 Å². The number of hydrogen-bond acceptors (Lipinski definition) is 3. The van der Waals surface area contributed by atoms with Gasteiger partial charge in [0.05, 0.1) is 5.56 Å². The molecule has 0 saturated carbocycles. The molecule has 4 nitrogen and oxygen atoms in total. The van der Waals surface area contributed by atoms with Gasteiger partial charge in [-0.25, -0.2) is 0 Å². The molecule has 0 unspecified atom stereocenters. The average molecular weight is 255 g/mol. The number of aryl methyl sites for hydroxylation is 1. The quantitative estimate of drug-likeness (QED) is 0.773. The summed E-state index contributed by atoms with van der Waals surface area (Å²) >= 11 is 3.19. The van der Waals surface area contributed by atoms with Gasteiger partial charge in [-0.1, -0.05) is 0 Å². The number of nitrogens with zero attached hydrogens (tertiary/aromatic N) is 2. The van der Waals surface area contributed by atoms with Gasteiger partial charge in [0.25, 0.3) is 0 Å². The Kier molecular flexibility index (Phi) is 2.25. The Morgan fingerprint density at radius 2 is 2.36 bits per heavy atom. The van der Waals surface area contributed by atoms with Crippen LogP contribution in [-0.4, -0.2) is 16.1 Å². The zero-order valence-corrected chi connectivity index (χ0v) is 8.98. The van der Waals surface area contributed by atoms with Crippen LogP contribution >= 0.6 is 15.9 Å². The predicted octanol–water partition coefficient (Wildman–Crippen LogP) is 2.26. The van der Waals surface area contributed by atoms with E-state index < -0.39 is 0 Å². The van der Waals surface area contributed by atoms with Crippen molar-refractivity contribution in [2.75, 3.05) is 0 Å². The van der Waals surface area contributed by atoms with E-state index in [4.69, 9.17) is 4.42 Å². The standard InChI is InChI=1S/C9H7BrN2O2/c1-12-4-6(5-13)9(11-12)7-2-3-8(10)14-7/h2-5H,1H3. The molecule has 0 atom stereocenters. The Morgan fingerprint density at radius 1 is 1.57 bits per heavy atom. The fraction of sp³-hybridized carbons (Fsp3) is 0.111. The van der Waals surface area contributed by atoms with Crippen molar-refractivity contribution in [3.63, 3.8) is 0 Å². The highest BCUT2D eigenvalue weighted by Crippen LogP contribution is 2.25. The maximum Gasteiger partial charge on any atom is 0.169 e. The first kappa shape index (κ1) is 9.21. The first-order valence-corrected chi connectivity index (χ1v) is 4.74. The monoisotopic (exact) mass is 254 g/mol. The fourth-order valence-electron chi connectivity index (χ4n) is 1.23. The van der Waals surface area contributed by atoms with Crippen LogP contribution in [0.15, 0.2) is 27.4 Å². The lowest BCUT2D eigenvalue weighted by Gasteiger charge is -1.90. The number of rotatable bonds is 2. The van der Waals surface area contributed by atoms with Gasteiger partial charge in [-0.2, -0.15) is 5.10 Å². The Hall–Kier alpha value is -1.36. The maximum atomic E-state index is 10.7. The summed E-state index contributed by atoms with van der Waals surface area (Å²) in [6.45, 7) is 0. The van der Waals surface area contributed by atoms with Gasteiger partial charge in [-0.3, -0.25) is 9.48 Å². The fourth-order valence-corrected chi connectivity index (χ4v) is 1.53. The van der Waals surface area contributed by atoms with E-state index in [1.54, 1.807) is 30.1 Å². The Bertz CT molecular complexity index is 473. The number of aromatic nitrogens is 2. The average Bonchev–Trinajstić information content (AvgIpc) is 2.71. The second-order valence-corrected chi connectivity index (χ2v) is 3.61. The lowest BCUT2D eigenvalue weighted by Crippen LogP contribution is -1.86. The first-order chi connectivity index (χ1) is 6.70. The number of halogens is 1. The summed E-state index contributed by atoms with van der Waals surface area (Å²) in [6.07, 6.45) is 2.41. The summed E-state index contributed by atoms with van der Waals surface area (Å²) < 4.78 is 7.51. The predicted molar refractivity (Wildman–Crippen MR) is 54.0 cm³/mol. The van der Waals surface area contributed by atoms with E-state index in [1.807, 2.05) is 0 Å². The second kappa shape index (κ2) is 3.42. The van der Waals surface area contributed by atoms with Gasteiger partial charge in [-0.15, -0.1) is 0 Å². The molecule has 0 spiro atoms. The van der Waals surface area contributed by atoms with Gasteiger partial charge >= 0.3 is 0 Å². The highest BCUT2D eigenvalue weighted by atomic mass is 79.9. The van der Waals surface area contributed by atoms with E-state index in [0.717, 1.165) is 6.29 Å². The molecule has 0 amide bonds. The molecule has 0 bridgehead atoms. The van der Waals surface area contributed by atoms with Crippen LogP contribution in [0.2, 0.25) is 0 Å². The van der Waals surface area contributed by atoms with Crippen LogP contribution in [0.1, 0.15) is 10.4 Å². The summed E-state index contributed by atoms with van der Waals surface area (Å²) in [7, 11) is 1.76. The molecule has 0 aliphatic heterocycles. The van der Waals surface area contributed by atoms with E-state index in [9.17, 15) is 4.79 Å². The van der Waals surface area contributed by atoms with Crippen molar-refractivity contribution < 1.29 is 9.21 Å². The van der Waals surface area contributed by atoms with Crippen molar-refractivity contribution in [3.8, 4) is 11.5 Å². The minimum absolute atomic E-state index is 0.523. The normalized spacial score (nSPS) is 10.4. The smallest absolute Gasteiger partial charge is 0.169 e. The Morgan fingerprint density at radius 3 is 2.93 bits per heavy atom. The van der Waals surface area contributed by atoms with Crippen molar-refractivity contribution >= 4 is 22.2 Å². The molecule has 0 aromatic carbocycles. The van der Waals surface area contributed by atoms with Crippen LogP contribution < -0.4 is 0 Å². The van der Waals surface area contributed by atoms with E-state index in [0.29, 0.717) is 21.7 Å². The van der Waals surface area contributed by atoms with Crippen LogP contribution in [0.4, 0.5) is 0 Å². The minimum Gasteiger partial charge on any atom is -0.448 e. The van der Waals surface area contributed by atoms with E-state index >= 15 is 0 Å². The molecule has 0 fully saturated rings. The van der Waals surface area contributed by atoms with E-state index in [2.05, 4.69) is 21.0 Å². The molecule has 0 radical (unpaired) electrons. The van der Waals surface area contributed by atoms with Crippen LogP contribution in [0.5, 0.6) is 0 Å². The molecule has 0 saturated heterocycles. The molecule has 0 aliphatic rings. The highest BCUT2D eigenvalue weighted by molar-refractivity contribution is 9.10. The molecule has 2 aromatic heterocycles. The Labute approximate surface area is 88.6 Å². The summed E-state index contributed by atoms with van der Waals surface area (Å²) in [4.78, 5) is 10.7. The molecule has 14 heavy (non-hydrogen) atoms. The van der Waals surface area contributed by atoms with Crippen molar-refractivity contribution in [1.29, 1.82) is 0 Å². The minimum atomic E-state index is 0.523. The molecule has 2 aromatic rings. The number of furan rings is 1. The molecule has 72 valence electrons. The molecular formula is C9H7BrN2O2. The zero-order valence-electron chi connectivity index (χ0n) is 7.40. The van der Waals surface area contributed by atoms with Crippen molar-refractivity contribution in [3.05, 3.63) is 28.6 Å². The SMILES string of the molecule is Cn1cc(C=O)c(-c2ccc(Br)o2)n1. The van der Waals surface area contributed by atoms with Gasteiger partial charge in [-0.05, 0) is 28.1 Å². The zero-order chi connectivity index (χ0) is 10.1. The molecule has 2 heterocycles. The lowest BCUT2D eigenvalue weighted by atomic mass is 10.2. The third-order valence-corrected chi connectivity index (χ3v) is 2.22. The largest absolute Gasteiger partial charge is 0.448 e. The van der Waals surface area contributed by atoms with Crippen molar-refractivity contribution in [1.82, 2.24) is 9.78 Å². The number of aldehydes is 1. The third-order valence-electron chi connectivity index (χ3n) is 1.79. The van der Waals surface area contributed by atoms with Gasteiger partial charge in [0.2, 0.25) is 0 Å². The van der Waals surface area contributed by atoms with Gasteiger partial charge in [0.15, 0.2) is 16.7 Å². The van der Waals surface area contributed by atoms with Gasteiger partial charge in [0, 0.05) is 13.2 Å². The lowest BCUT2D eigenvalue weighted by molar-refractivity contribution is 0.112. The summed E-state index contributed by atoms with van der Waals surface area (Å²) in [5.41, 5.74) is 1.09. The Balaban J connectivity index is 2.55. The number of carbonyl (C=O) groups excluding carboxylic acids is 1. The molecule has 0 N–H and O–H groups in total. The second-order valence-electron chi connectivity index (χ2n) is 2.83. The third kappa shape index (κ3) is 1.50. The van der Waals surface area contributed by atoms with Crippen molar-refractivity contribution in [2.24, 2.45) is 7.05 Å². The summed E-state index contributed by atoms with van der Waals surface area (Å²) in [5, 5.41) is 4.14. The highest BCUT2D eigenvalue weighted by Gasteiger charge is 2.12. The molecule has 0 aliphatic carbocycles. The summed E-state index contributed by atoms with van der Waals surface area (Å²) in [6, 6.07) is 3.53. The topological polar surface area (TPSA) is 48.0 Å². The van der Waals surface area contributed by atoms with Gasteiger partial charge < -0.3 is 4.42 Å². The number of hydrogen-bond donors (Lipinski definition) is 0. The number of carbonyl (C=O) groups is 1. The van der Waals surface area contributed by atoms with Crippen LogP contribution in [-0.2, 0) is 7.05 Å². The van der Waals surface area contributed by atoms with Gasteiger partial charge in [0.1, 0.15) is 5.69 Å². The van der Waals surface area contributed by atoms with Crippen LogP contribution in [0, 0.1) is 0 Å². The maximum absolute atomic E-state index is 10.7.